The molecule has 0 aromatic heterocycles. The second-order valence-electron chi connectivity index (χ2n) is 4.82. The van der Waals surface area contributed by atoms with E-state index in [1.165, 1.54) is 0 Å². The smallest absolute Gasteiger partial charge is 0.238 e. The fraction of sp³-hybridized carbons (Fsp3) is 0.833. The van der Waals surface area contributed by atoms with Crippen molar-refractivity contribution in [2.24, 2.45) is 22.5 Å². The van der Waals surface area contributed by atoms with Gasteiger partial charge in [0.15, 0.2) is 0 Å². The Morgan fingerprint density at radius 3 is 2.55 bits per heavy atom. The molecule has 0 saturated heterocycles. The first-order valence-corrected chi connectivity index (χ1v) is 6.96. The van der Waals surface area contributed by atoms with E-state index in [4.69, 9.17) is 26.6 Å². The van der Waals surface area contributed by atoms with Crippen LogP contribution in [0.4, 0.5) is 0 Å². The van der Waals surface area contributed by atoms with E-state index in [-0.39, 0.29) is 11.9 Å². The van der Waals surface area contributed by atoms with Crippen molar-refractivity contribution in [2.75, 3.05) is 13.2 Å². The normalized spacial score (nSPS) is 11.7. The molecule has 118 valence electrons. The zero-order valence-electron chi connectivity index (χ0n) is 12.7. The second-order valence-corrected chi connectivity index (χ2v) is 4.82. The Labute approximate surface area is 120 Å². The van der Waals surface area contributed by atoms with Crippen molar-refractivity contribution in [1.29, 1.82) is 5.41 Å². The molecular weight excluding hydrogens is 260 g/mol. The molecule has 0 radical (unpaired) electrons. The summed E-state index contributed by atoms with van der Waals surface area (Å²) in [6, 6.07) is 0. The van der Waals surface area contributed by atoms with Crippen molar-refractivity contribution >= 4 is 11.9 Å². The quantitative estimate of drug-likeness (QED) is 0.207. The number of nitrogens with zero attached hydrogens (tertiary/aromatic N) is 2. The van der Waals surface area contributed by atoms with Crippen LogP contribution in [0.2, 0.25) is 0 Å². The van der Waals surface area contributed by atoms with Crippen LogP contribution >= 0.6 is 0 Å². The number of hydroxylamine groups is 2. The Hall–Kier alpha value is -1.54. The predicted molar refractivity (Wildman–Crippen MR) is 79.4 cm³/mol. The van der Waals surface area contributed by atoms with E-state index < -0.39 is 0 Å². The number of hydrogen-bond acceptors (Lipinski definition) is 4. The van der Waals surface area contributed by atoms with Crippen LogP contribution in [-0.2, 0) is 9.68 Å². The number of nitrogens with two attached hydrogens (primary N) is 2. The van der Waals surface area contributed by atoms with Gasteiger partial charge < -0.3 is 11.5 Å². The monoisotopic (exact) mass is 288 g/mol. The Morgan fingerprint density at radius 2 is 2.00 bits per heavy atom. The summed E-state index contributed by atoms with van der Waals surface area (Å²) in [5, 5.41) is 12.0. The Morgan fingerprint density at radius 1 is 1.30 bits per heavy atom. The fourth-order valence-electron chi connectivity index (χ4n) is 1.19. The van der Waals surface area contributed by atoms with Gasteiger partial charge in [0.2, 0.25) is 11.9 Å². The van der Waals surface area contributed by atoms with Gasteiger partial charge in [-0.3, -0.25) is 10.2 Å². The molecule has 8 nitrogen and oxygen atoms in total. The van der Waals surface area contributed by atoms with Crippen molar-refractivity contribution in [1.82, 2.24) is 10.7 Å². The lowest BCUT2D eigenvalue weighted by atomic mass is 10.1. The van der Waals surface area contributed by atoms with Gasteiger partial charge in [0.05, 0.1) is 13.2 Å². The zero-order chi connectivity index (χ0) is 15.4. The van der Waals surface area contributed by atoms with E-state index >= 15 is 0 Å². The third-order valence-corrected chi connectivity index (χ3v) is 2.34. The van der Waals surface area contributed by atoms with Crippen molar-refractivity contribution in [2.45, 2.75) is 46.5 Å². The molecule has 0 aliphatic heterocycles. The van der Waals surface area contributed by atoms with Gasteiger partial charge in [-0.1, -0.05) is 38.8 Å². The minimum Gasteiger partial charge on any atom is -0.367 e. The topological polar surface area (TPSA) is 122 Å². The fourth-order valence-corrected chi connectivity index (χ4v) is 1.19. The van der Waals surface area contributed by atoms with Gasteiger partial charge in [0, 0.05) is 0 Å². The van der Waals surface area contributed by atoms with Gasteiger partial charge in [-0.2, -0.15) is 0 Å². The van der Waals surface area contributed by atoms with Crippen molar-refractivity contribution in [3.8, 4) is 0 Å². The van der Waals surface area contributed by atoms with E-state index in [2.05, 4.69) is 31.4 Å². The lowest BCUT2D eigenvalue weighted by molar-refractivity contribution is -0.103. The molecule has 0 aromatic rings. The van der Waals surface area contributed by atoms with Crippen LogP contribution in [0, 0.1) is 11.3 Å². The first-order chi connectivity index (χ1) is 9.47. The Bertz CT molecular complexity index is 296. The van der Waals surface area contributed by atoms with Gasteiger partial charge >= 0.3 is 0 Å². The minimum atomic E-state index is -0.339. The molecule has 0 saturated carbocycles. The molecular formula is C12H28N6O2. The van der Waals surface area contributed by atoms with Crippen LogP contribution in [0.25, 0.3) is 0 Å². The van der Waals surface area contributed by atoms with Crippen LogP contribution in [0.1, 0.15) is 46.5 Å². The van der Waals surface area contributed by atoms with Gasteiger partial charge in [0.25, 0.3) is 0 Å². The van der Waals surface area contributed by atoms with Crippen LogP contribution in [0.5, 0.6) is 0 Å². The SMILES string of the molecule is CCCCCON(N=C(N)NOCCC(C)C)C(=N)N. The molecule has 20 heavy (non-hydrogen) atoms. The van der Waals surface area contributed by atoms with Gasteiger partial charge in [-0.15, -0.1) is 5.10 Å². The molecule has 0 aromatic carbocycles. The first-order valence-electron chi connectivity index (χ1n) is 6.96. The number of unbranched alkanes of at least 4 members (excludes halogenated alkanes) is 2. The van der Waals surface area contributed by atoms with E-state index in [1.807, 2.05) is 0 Å². The maximum Gasteiger partial charge on any atom is 0.238 e. The minimum absolute atomic E-state index is 0.0144. The third kappa shape index (κ3) is 10.4. The van der Waals surface area contributed by atoms with Gasteiger partial charge in [-0.05, 0) is 18.8 Å². The molecule has 0 aliphatic rings. The maximum absolute atomic E-state index is 7.34. The molecule has 0 atom stereocenters. The lowest BCUT2D eigenvalue weighted by Gasteiger charge is -2.16. The van der Waals surface area contributed by atoms with Gasteiger partial charge in [-0.25, -0.2) is 10.3 Å². The van der Waals surface area contributed by atoms with Crippen molar-refractivity contribution in [3.05, 3.63) is 0 Å². The Kier molecular flexibility index (Phi) is 10.4. The molecule has 0 unspecified atom stereocenters. The summed E-state index contributed by atoms with van der Waals surface area (Å²) in [6.07, 6.45) is 3.90. The maximum atomic E-state index is 7.34. The summed E-state index contributed by atoms with van der Waals surface area (Å²) in [6.45, 7) is 7.24. The third-order valence-electron chi connectivity index (χ3n) is 2.34. The van der Waals surface area contributed by atoms with E-state index in [9.17, 15) is 0 Å². The van der Waals surface area contributed by atoms with E-state index in [1.54, 1.807) is 0 Å². The largest absolute Gasteiger partial charge is 0.367 e. The van der Waals surface area contributed by atoms with Crippen molar-refractivity contribution < 1.29 is 9.68 Å². The van der Waals surface area contributed by atoms with Gasteiger partial charge in [0.1, 0.15) is 0 Å². The highest BCUT2D eigenvalue weighted by Crippen LogP contribution is 1.99. The lowest BCUT2D eigenvalue weighted by Crippen LogP contribution is -2.39. The highest BCUT2D eigenvalue weighted by atomic mass is 16.7. The van der Waals surface area contributed by atoms with Crippen LogP contribution in [0.15, 0.2) is 5.10 Å². The average Bonchev–Trinajstić information content (AvgIpc) is 2.37. The van der Waals surface area contributed by atoms with E-state index in [0.29, 0.717) is 19.1 Å². The summed E-state index contributed by atoms with van der Waals surface area (Å²) in [7, 11) is 0. The van der Waals surface area contributed by atoms with E-state index in [0.717, 1.165) is 30.9 Å². The number of hydrogen-bond donors (Lipinski definition) is 4. The molecule has 0 amide bonds. The molecule has 8 heteroatoms. The summed E-state index contributed by atoms with van der Waals surface area (Å²) in [4.78, 5) is 10.4. The zero-order valence-corrected chi connectivity index (χ0v) is 12.7. The van der Waals surface area contributed by atoms with Crippen LogP contribution < -0.4 is 16.9 Å². The highest BCUT2D eigenvalue weighted by Gasteiger charge is 2.07. The number of guanidine groups is 2. The molecule has 0 heterocycles. The summed E-state index contributed by atoms with van der Waals surface area (Å²) in [5.41, 5.74) is 13.4. The van der Waals surface area contributed by atoms with Crippen LogP contribution in [0.3, 0.4) is 0 Å². The van der Waals surface area contributed by atoms with Crippen molar-refractivity contribution in [3.63, 3.8) is 0 Å². The average molecular weight is 288 g/mol. The highest BCUT2D eigenvalue weighted by molar-refractivity contribution is 5.79. The molecule has 0 fully saturated rings. The summed E-state index contributed by atoms with van der Waals surface area (Å²) < 4.78 is 0. The molecule has 0 rings (SSSR count). The molecule has 0 aliphatic carbocycles. The summed E-state index contributed by atoms with van der Waals surface area (Å²) >= 11 is 0. The Balaban J connectivity index is 4.05. The molecule has 0 bridgehead atoms. The number of nitrogens with one attached hydrogen (secondary N) is 2. The molecule has 0 spiro atoms. The first kappa shape index (κ1) is 18.5. The summed E-state index contributed by atoms with van der Waals surface area (Å²) in [5.74, 6) is 0.193. The number of hydrazone groups is 1. The predicted octanol–water partition coefficient (Wildman–Crippen LogP) is 1.10. The van der Waals surface area contributed by atoms with Crippen LogP contribution in [-0.4, -0.2) is 30.3 Å². The molecule has 6 N–H and O–H groups in total. The standard InChI is InChI=1S/C12H28N6O2/c1-4-5-6-8-20-18(11(13)14)16-12(15)17-19-9-7-10(2)3/h10H,4-9H2,1-3H3,(H3,13,14)(H3,15,16,17). The number of rotatable bonds is 10. The second kappa shape index (κ2) is 11.3.